The third-order valence-electron chi connectivity index (χ3n) is 17.3. The van der Waals surface area contributed by atoms with E-state index in [0.717, 1.165) is 33.1 Å². The van der Waals surface area contributed by atoms with Crippen molar-refractivity contribution >= 4 is 43.9 Å². The van der Waals surface area contributed by atoms with Crippen molar-refractivity contribution in [3.05, 3.63) is 246 Å². The molecule has 72 heavy (non-hydrogen) atoms. The zero-order valence-corrected chi connectivity index (χ0v) is 43.8. The van der Waals surface area contributed by atoms with Gasteiger partial charge in [-0.25, -0.2) is 0 Å². The molecule has 2 aliphatic carbocycles. The number of fused-ring (bicyclic) bond motifs is 14. The molecular weight excluding hydrogens is 873 g/mol. The van der Waals surface area contributed by atoms with Gasteiger partial charge < -0.3 is 8.83 Å². The second kappa shape index (κ2) is 15.5. The van der Waals surface area contributed by atoms with Crippen LogP contribution >= 0.6 is 0 Å². The largest absolute Gasteiger partial charge is 0.456 e. The Morgan fingerprint density at radius 2 is 0.681 bits per heavy atom. The molecule has 0 radical (unpaired) electrons. The topological polar surface area (TPSA) is 26.3 Å². The number of benzene rings is 9. The first-order valence-corrected chi connectivity index (χ1v) is 26.0. The number of rotatable bonds is 6. The number of furan rings is 2. The van der Waals surface area contributed by atoms with Crippen molar-refractivity contribution in [2.24, 2.45) is 0 Å². The van der Waals surface area contributed by atoms with Crippen LogP contribution in [0.4, 0.5) is 0 Å². The molecule has 2 nitrogen and oxygen atoms in total. The molecule has 0 fully saturated rings. The highest BCUT2D eigenvalue weighted by atomic mass is 16.3. The molecule has 0 saturated heterocycles. The molecular formula is C70H66O2. The summed E-state index contributed by atoms with van der Waals surface area (Å²) in [4.78, 5) is 0. The minimum atomic E-state index is -0.336. The van der Waals surface area contributed by atoms with Gasteiger partial charge in [-0.05, 0) is 181 Å². The second-order valence-electron chi connectivity index (χ2n) is 22.9. The van der Waals surface area contributed by atoms with Gasteiger partial charge >= 0.3 is 0 Å². The molecule has 2 aliphatic rings. The van der Waals surface area contributed by atoms with Crippen LogP contribution in [0.15, 0.2) is 154 Å². The first-order chi connectivity index (χ1) is 36.5. The van der Waals surface area contributed by atoms with Crippen molar-refractivity contribution < 1.29 is 14.8 Å². The third-order valence-corrected chi connectivity index (χ3v) is 17.3. The van der Waals surface area contributed by atoms with Gasteiger partial charge in [-0.15, -0.1) is 0 Å². The van der Waals surface area contributed by atoms with E-state index in [1.807, 2.05) is 0 Å². The molecule has 0 bridgehead atoms. The summed E-state index contributed by atoms with van der Waals surface area (Å²) in [7, 11) is 0. The SMILES string of the molecule is Cc1ccc(C(c2ccc(C)cc2C)c2cc3c(c4c2oc2ccccc24)-c2cc4c(cc2C3(C)C)-c2c(cc(C(c3ccc(C)cc3C)c3ccc(C)cc3C)c3oc5ccccc5c23)C4(C)C)c(C)c1.[2H][2H].[2H][2H]. The average Bonchev–Trinajstić information content (AvgIpc) is 4.20. The summed E-state index contributed by atoms with van der Waals surface area (Å²) >= 11 is 0. The fraction of sp³-hybridized carbons (Fsp3) is 0.229. The van der Waals surface area contributed by atoms with Crippen LogP contribution in [0.25, 0.3) is 66.1 Å². The van der Waals surface area contributed by atoms with Crippen LogP contribution in [0.5, 0.6) is 0 Å². The van der Waals surface area contributed by atoms with Crippen molar-refractivity contribution in [1.82, 2.24) is 0 Å². The molecule has 9 aromatic carbocycles. The van der Waals surface area contributed by atoms with Gasteiger partial charge in [0.15, 0.2) is 0 Å². The zero-order valence-electron chi connectivity index (χ0n) is 47.8. The maximum Gasteiger partial charge on any atom is 0.140 e. The number of aryl methyl sites for hydroxylation is 8. The minimum Gasteiger partial charge on any atom is -0.456 e. The summed E-state index contributed by atoms with van der Waals surface area (Å²) in [6.45, 7) is 27.7. The van der Waals surface area contributed by atoms with E-state index in [1.54, 1.807) is 0 Å². The molecule has 2 heterocycles. The molecule has 2 heteroatoms. The fourth-order valence-corrected chi connectivity index (χ4v) is 13.8. The molecule has 11 aromatic rings. The van der Waals surface area contributed by atoms with Crippen molar-refractivity contribution in [2.75, 3.05) is 0 Å². The summed E-state index contributed by atoms with van der Waals surface area (Å²) in [6, 6.07) is 55.6. The minimum absolute atomic E-state index is 0.0389. The lowest BCUT2D eigenvalue weighted by molar-refractivity contribution is 0.645. The smallest absolute Gasteiger partial charge is 0.140 e. The monoisotopic (exact) mass is 943 g/mol. The highest BCUT2D eigenvalue weighted by molar-refractivity contribution is 6.19. The number of para-hydroxylation sites is 2. The van der Waals surface area contributed by atoms with Crippen molar-refractivity contribution in [2.45, 2.75) is 106 Å². The van der Waals surface area contributed by atoms with Gasteiger partial charge in [0.2, 0.25) is 0 Å². The van der Waals surface area contributed by atoms with Crippen molar-refractivity contribution in [1.29, 1.82) is 0 Å². The molecule has 0 saturated carbocycles. The van der Waals surface area contributed by atoms with Crippen LogP contribution in [0.3, 0.4) is 0 Å². The van der Waals surface area contributed by atoms with E-state index in [1.165, 1.54) is 133 Å². The molecule has 13 rings (SSSR count). The Hall–Kier alpha value is -7.42. The van der Waals surface area contributed by atoms with E-state index in [9.17, 15) is 0 Å². The van der Waals surface area contributed by atoms with Gasteiger partial charge in [-0.1, -0.05) is 159 Å². The molecule has 0 spiro atoms. The van der Waals surface area contributed by atoms with Gasteiger partial charge in [-0.3, -0.25) is 0 Å². The quantitative estimate of drug-likeness (QED) is 0.155. The average molecular weight is 943 g/mol. The first-order valence-electron chi connectivity index (χ1n) is 28.0. The molecule has 0 unspecified atom stereocenters. The highest BCUT2D eigenvalue weighted by Crippen LogP contribution is 2.62. The van der Waals surface area contributed by atoms with E-state index in [-0.39, 0.29) is 22.7 Å². The lowest BCUT2D eigenvalue weighted by Crippen LogP contribution is -2.18. The molecule has 0 aliphatic heterocycles. The maximum absolute atomic E-state index is 7.24. The summed E-state index contributed by atoms with van der Waals surface area (Å²) in [5, 5.41) is 4.76. The van der Waals surface area contributed by atoms with Gasteiger partial charge in [0.1, 0.15) is 22.3 Å². The number of hydrogen-bond donors (Lipinski definition) is 0. The fourth-order valence-electron chi connectivity index (χ4n) is 13.8. The Bertz CT molecular complexity index is 3790. The molecule has 0 N–H and O–H groups in total. The first kappa shape index (κ1) is 42.3. The van der Waals surface area contributed by atoms with E-state index in [0.29, 0.717) is 0 Å². The van der Waals surface area contributed by atoms with Crippen LogP contribution in [0.1, 0.15) is 146 Å². The molecule has 2 aromatic heterocycles. The summed E-state index contributed by atoms with van der Waals surface area (Å²) in [5.74, 6) is -0.0778. The Kier molecular flexibility index (Phi) is 9.13. The van der Waals surface area contributed by atoms with E-state index in [4.69, 9.17) is 14.8 Å². The van der Waals surface area contributed by atoms with E-state index < -0.39 is 0 Å². The maximum atomic E-state index is 7.24. The van der Waals surface area contributed by atoms with Crippen LogP contribution in [0, 0.1) is 55.4 Å². The Morgan fingerprint density at radius 3 is 1.00 bits per heavy atom. The lowest BCUT2D eigenvalue weighted by Gasteiger charge is -2.27. The Balaban J connectivity index is 0.00000151. The Labute approximate surface area is 430 Å². The van der Waals surface area contributed by atoms with E-state index in [2.05, 4.69) is 229 Å². The zero-order chi connectivity index (χ0) is 53.9. The highest BCUT2D eigenvalue weighted by Gasteiger charge is 2.45. The summed E-state index contributed by atoms with van der Waals surface area (Å²) < 4.78 is 34.5. The van der Waals surface area contributed by atoms with Gasteiger partial charge in [0, 0.05) is 61.3 Å². The number of hydrogen-bond acceptors (Lipinski definition) is 2. The van der Waals surface area contributed by atoms with Crippen LogP contribution in [0.2, 0.25) is 0 Å². The predicted molar refractivity (Wildman–Crippen MR) is 306 cm³/mol. The molecule has 0 amide bonds. The van der Waals surface area contributed by atoms with E-state index >= 15 is 0 Å². The normalized spacial score (nSPS) is 14.5. The summed E-state index contributed by atoms with van der Waals surface area (Å²) in [5.41, 5.74) is 31.7. The predicted octanol–water partition coefficient (Wildman–Crippen LogP) is 19.4. The van der Waals surface area contributed by atoms with Gasteiger partial charge in [-0.2, -0.15) is 0 Å². The van der Waals surface area contributed by atoms with Gasteiger partial charge in [0.25, 0.3) is 0 Å². The van der Waals surface area contributed by atoms with Crippen LogP contribution < -0.4 is 0 Å². The summed E-state index contributed by atoms with van der Waals surface area (Å²) in [6.07, 6.45) is 0. The van der Waals surface area contributed by atoms with Crippen LogP contribution in [-0.2, 0) is 10.8 Å². The molecule has 0 atom stereocenters. The van der Waals surface area contributed by atoms with Gasteiger partial charge in [0.05, 0.1) is 0 Å². The van der Waals surface area contributed by atoms with Crippen LogP contribution in [-0.4, -0.2) is 0 Å². The molecule has 358 valence electrons. The third kappa shape index (κ3) is 6.27. The van der Waals surface area contributed by atoms with Crippen molar-refractivity contribution in [3.63, 3.8) is 0 Å². The standard InChI is InChI=1S/C70H62O2.2H2/c1-37-21-25-45(41(5)29-37)61(46-26-22-38(2)30-42(46)6)53-35-57-63(65-49-17-13-15-19-59(49)71-67(53)65)51-33-56-52(34-55(51)69(57,9)10)64-58(70(56,11)12)36-54(68-66(64)50-18-14-16-20-60(50)72-68)62(47-27-23-39(3)31-43(47)7)48-28-24-40(4)32-44(48)8;;/h13-36,61-62H,1-12H3;2*1H/i;2*1+1D. The van der Waals surface area contributed by atoms with Crippen molar-refractivity contribution in [3.8, 4) is 22.3 Å². The second-order valence-corrected chi connectivity index (χ2v) is 22.9. The lowest BCUT2D eigenvalue weighted by atomic mass is 9.76. The Morgan fingerprint density at radius 1 is 0.361 bits per heavy atom.